The molecule has 4 rings (SSSR count). The smallest absolute Gasteiger partial charge is 0.203 e. The lowest BCUT2D eigenvalue weighted by atomic mass is 10.3. The number of nitrogens with one attached hydrogen (secondary N) is 1. The largest absolute Gasteiger partial charge is 0.497 e. The molecular formula is C18H16N6O2. The molecule has 0 aliphatic carbocycles. The first-order valence-electron chi connectivity index (χ1n) is 7.91. The summed E-state index contributed by atoms with van der Waals surface area (Å²) in [6, 6.07) is 14.9. The Hall–Kier alpha value is -3.68. The van der Waals surface area contributed by atoms with Gasteiger partial charge in [0.1, 0.15) is 17.2 Å². The number of fused-ring (bicyclic) bond motifs is 1. The van der Waals surface area contributed by atoms with Crippen LogP contribution in [0.4, 0.5) is 11.5 Å². The van der Waals surface area contributed by atoms with Gasteiger partial charge in [-0.2, -0.15) is 4.52 Å². The molecule has 0 amide bonds. The van der Waals surface area contributed by atoms with Crippen LogP contribution in [0, 0.1) is 0 Å². The number of ether oxygens (including phenoxy) is 2. The fourth-order valence-electron chi connectivity index (χ4n) is 2.50. The minimum atomic E-state index is 0.553. The van der Waals surface area contributed by atoms with Crippen LogP contribution in [0.5, 0.6) is 11.5 Å². The van der Waals surface area contributed by atoms with Gasteiger partial charge in [0.2, 0.25) is 5.82 Å². The van der Waals surface area contributed by atoms with E-state index < -0.39 is 0 Å². The first-order valence-corrected chi connectivity index (χ1v) is 7.91. The molecule has 1 aromatic carbocycles. The molecule has 0 bridgehead atoms. The molecule has 0 unspecified atom stereocenters. The van der Waals surface area contributed by atoms with Crippen molar-refractivity contribution in [2.45, 2.75) is 0 Å². The lowest BCUT2D eigenvalue weighted by molar-refractivity contribution is 0.413. The van der Waals surface area contributed by atoms with Gasteiger partial charge in [0, 0.05) is 11.8 Å². The van der Waals surface area contributed by atoms with E-state index in [-0.39, 0.29) is 0 Å². The summed E-state index contributed by atoms with van der Waals surface area (Å²) < 4.78 is 12.0. The normalized spacial score (nSPS) is 10.7. The maximum Gasteiger partial charge on any atom is 0.203 e. The third-order valence-corrected chi connectivity index (χ3v) is 3.81. The molecule has 0 atom stereocenters. The second kappa shape index (κ2) is 6.67. The summed E-state index contributed by atoms with van der Waals surface area (Å²) in [6.45, 7) is 0. The van der Waals surface area contributed by atoms with Gasteiger partial charge in [-0.05, 0) is 36.4 Å². The average molecular weight is 348 g/mol. The van der Waals surface area contributed by atoms with Gasteiger partial charge in [-0.25, -0.2) is 4.98 Å². The fourth-order valence-corrected chi connectivity index (χ4v) is 2.50. The lowest BCUT2D eigenvalue weighted by Crippen LogP contribution is -2.01. The summed E-state index contributed by atoms with van der Waals surface area (Å²) >= 11 is 0. The second-order valence-corrected chi connectivity index (χ2v) is 5.45. The summed E-state index contributed by atoms with van der Waals surface area (Å²) in [5.74, 6) is 2.65. The quantitative estimate of drug-likeness (QED) is 0.593. The van der Waals surface area contributed by atoms with Gasteiger partial charge >= 0.3 is 0 Å². The van der Waals surface area contributed by atoms with E-state index in [1.807, 2.05) is 48.5 Å². The highest BCUT2D eigenvalue weighted by molar-refractivity contribution is 5.61. The molecule has 26 heavy (non-hydrogen) atoms. The van der Waals surface area contributed by atoms with Gasteiger partial charge in [0.15, 0.2) is 11.5 Å². The van der Waals surface area contributed by atoms with Crippen LogP contribution >= 0.6 is 0 Å². The molecule has 0 radical (unpaired) electrons. The molecule has 0 aliphatic heterocycles. The molecule has 3 heterocycles. The summed E-state index contributed by atoms with van der Waals surface area (Å²) in [7, 11) is 3.23. The lowest BCUT2D eigenvalue weighted by Gasteiger charge is -2.08. The fraction of sp³-hybridized carbons (Fsp3) is 0.111. The average Bonchev–Trinajstić information content (AvgIpc) is 3.11. The number of hydrogen-bond acceptors (Lipinski definition) is 7. The van der Waals surface area contributed by atoms with Gasteiger partial charge in [-0.1, -0.05) is 6.07 Å². The summed E-state index contributed by atoms with van der Waals surface area (Å²) in [5, 5.41) is 16.2. The van der Waals surface area contributed by atoms with Gasteiger partial charge in [-0.15, -0.1) is 15.3 Å². The first-order chi connectivity index (χ1) is 12.8. The van der Waals surface area contributed by atoms with E-state index in [1.165, 1.54) is 0 Å². The molecule has 4 aromatic rings. The molecule has 0 aliphatic rings. The number of aromatic nitrogens is 5. The van der Waals surface area contributed by atoms with Crippen LogP contribution in [-0.4, -0.2) is 39.0 Å². The van der Waals surface area contributed by atoms with Crippen LogP contribution in [0.25, 0.3) is 17.2 Å². The maximum absolute atomic E-state index is 5.24. The van der Waals surface area contributed by atoms with Crippen LogP contribution in [-0.2, 0) is 0 Å². The number of methoxy groups -OCH3 is 2. The predicted molar refractivity (Wildman–Crippen MR) is 96.8 cm³/mol. The van der Waals surface area contributed by atoms with E-state index in [4.69, 9.17) is 9.47 Å². The number of nitrogens with zero attached hydrogens (tertiary/aromatic N) is 5. The number of benzene rings is 1. The molecule has 0 fully saturated rings. The molecule has 8 heteroatoms. The Morgan fingerprint density at radius 1 is 0.923 bits per heavy atom. The van der Waals surface area contributed by atoms with Crippen molar-refractivity contribution in [1.82, 2.24) is 24.8 Å². The van der Waals surface area contributed by atoms with Crippen molar-refractivity contribution in [3.8, 4) is 23.0 Å². The summed E-state index contributed by atoms with van der Waals surface area (Å²) in [4.78, 5) is 4.35. The molecule has 0 spiro atoms. The Labute approximate surface area is 149 Å². The zero-order valence-electron chi connectivity index (χ0n) is 14.2. The summed E-state index contributed by atoms with van der Waals surface area (Å²) in [5.41, 5.74) is 2.16. The van der Waals surface area contributed by atoms with Crippen LogP contribution in [0.3, 0.4) is 0 Å². The zero-order valence-corrected chi connectivity index (χ0v) is 14.2. The zero-order chi connectivity index (χ0) is 17.9. The number of anilines is 2. The van der Waals surface area contributed by atoms with E-state index in [2.05, 4.69) is 25.6 Å². The van der Waals surface area contributed by atoms with Crippen LogP contribution in [0.2, 0.25) is 0 Å². The molecule has 0 saturated carbocycles. The standard InChI is InChI=1S/C18H16N6O2/c1-25-13-5-3-4-12(10-13)20-16-8-9-17-21-22-18(24(17)23-16)15-7-6-14(26-2)11-19-15/h3-11H,1-2H3,(H,20,23). The Kier molecular flexibility index (Phi) is 4.06. The van der Waals surface area contributed by atoms with Crippen LogP contribution in [0.15, 0.2) is 54.7 Å². The SMILES string of the molecule is COc1ccc(-c2nnc3ccc(Nc4cccc(OC)c4)nn23)nc1. The Balaban J connectivity index is 1.69. The van der Waals surface area contributed by atoms with Crippen molar-refractivity contribution in [2.24, 2.45) is 0 Å². The highest BCUT2D eigenvalue weighted by Gasteiger charge is 2.11. The van der Waals surface area contributed by atoms with Crippen LogP contribution in [0.1, 0.15) is 0 Å². The van der Waals surface area contributed by atoms with Crippen molar-refractivity contribution >= 4 is 17.2 Å². The second-order valence-electron chi connectivity index (χ2n) is 5.45. The molecular weight excluding hydrogens is 332 g/mol. The predicted octanol–water partition coefficient (Wildman–Crippen LogP) is 2.95. The highest BCUT2D eigenvalue weighted by atomic mass is 16.5. The molecule has 3 aromatic heterocycles. The third-order valence-electron chi connectivity index (χ3n) is 3.81. The minimum absolute atomic E-state index is 0.553. The van der Waals surface area contributed by atoms with E-state index >= 15 is 0 Å². The van der Waals surface area contributed by atoms with Crippen molar-refractivity contribution in [3.05, 3.63) is 54.7 Å². The molecule has 0 saturated heterocycles. The van der Waals surface area contributed by atoms with E-state index in [1.54, 1.807) is 24.9 Å². The highest BCUT2D eigenvalue weighted by Crippen LogP contribution is 2.22. The van der Waals surface area contributed by atoms with Gasteiger partial charge < -0.3 is 14.8 Å². The number of hydrogen-bond donors (Lipinski definition) is 1. The first kappa shape index (κ1) is 15.8. The van der Waals surface area contributed by atoms with E-state index in [0.29, 0.717) is 28.7 Å². The van der Waals surface area contributed by atoms with Crippen molar-refractivity contribution in [2.75, 3.05) is 19.5 Å². The minimum Gasteiger partial charge on any atom is -0.497 e. The van der Waals surface area contributed by atoms with Gasteiger partial charge in [0.05, 0.1) is 20.4 Å². The molecule has 130 valence electrons. The van der Waals surface area contributed by atoms with E-state index in [0.717, 1.165) is 11.4 Å². The number of pyridine rings is 1. The maximum atomic E-state index is 5.24. The Bertz CT molecular complexity index is 1050. The molecule has 1 N–H and O–H groups in total. The van der Waals surface area contributed by atoms with Crippen LogP contribution < -0.4 is 14.8 Å². The van der Waals surface area contributed by atoms with Crippen molar-refractivity contribution < 1.29 is 9.47 Å². The van der Waals surface area contributed by atoms with Crippen molar-refractivity contribution in [1.29, 1.82) is 0 Å². The molecule has 8 nitrogen and oxygen atoms in total. The van der Waals surface area contributed by atoms with E-state index in [9.17, 15) is 0 Å². The summed E-state index contributed by atoms with van der Waals surface area (Å²) in [6.07, 6.45) is 1.63. The number of rotatable bonds is 5. The van der Waals surface area contributed by atoms with Gasteiger partial charge in [-0.3, -0.25) is 0 Å². The monoisotopic (exact) mass is 348 g/mol. The Morgan fingerprint density at radius 3 is 2.58 bits per heavy atom. The topological polar surface area (TPSA) is 86.5 Å². The Morgan fingerprint density at radius 2 is 1.81 bits per heavy atom. The third kappa shape index (κ3) is 3.00. The van der Waals surface area contributed by atoms with Gasteiger partial charge in [0.25, 0.3) is 0 Å². The van der Waals surface area contributed by atoms with Crippen molar-refractivity contribution in [3.63, 3.8) is 0 Å².